The number of aromatic nitrogens is 5. The van der Waals surface area contributed by atoms with E-state index in [-0.39, 0.29) is 29.0 Å². The molecule has 18 heteroatoms. The minimum Gasteiger partial charge on any atom is -0.475 e. The fourth-order valence-electron chi connectivity index (χ4n) is 4.82. The molecule has 0 fully saturated rings. The Morgan fingerprint density at radius 3 is 2.45 bits per heavy atom. The summed E-state index contributed by atoms with van der Waals surface area (Å²) in [5.41, 5.74) is 15.1. The molecule has 0 spiro atoms. The lowest BCUT2D eigenvalue weighted by Crippen LogP contribution is -2.30. The molecule has 3 amide bonds. The van der Waals surface area contributed by atoms with E-state index in [2.05, 4.69) is 15.2 Å². The van der Waals surface area contributed by atoms with Gasteiger partial charge in [-0.05, 0) is 48.4 Å². The third-order valence-electron chi connectivity index (χ3n) is 7.26. The van der Waals surface area contributed by atoms with Gasteiger partial charge in [-0.2, -0.15) is 18.3 Å². The molecule has 0 radical (unpaired) electrons. The highest BCUT2D eigenvalue weighted by atomic mass is 19.4. The van der Waals surface area contributed by atoms with E-state index in [1.54, 1.807) is 41.2 Å². The normalized spacial score (nSPS) is 12.4. The molecule has 47 heavy (non-hydrogen) atoms. The quantitative estimate of drug-likeness (QED) is 0.244. The Morgan fingerprint density at radius 1 is 1.09 bits per heavy atom. The van der Waals surface area contributed by atoms with Crippen LogP contribution < -0.4 is 16.4 Å². The molecule has 0 saturated carbocycles. The van der Waals surface area contributed by atoms with E-state index in [9.17, 15) is 27.6 Å². The molecule has 6 rings (SSSR count). The van der Waals surface area contributed by atoms with Crippen molar-refractivity contribution in [1.29, 1.82) is 0 Å². The van der Waals surface area contributed by atoms with Crippen molar-refractivity contribution in [1.82, 2.24) is 29.4 Å². The highest BCUT2D eigenvalue weighted by molar-refractivity contribution is 6.08. The van der Waals surface area contributed by atoms with Crippen LogP contribution in [0.5, 0.6) is 0 Å². The first-order chi connectivity index (χ1) is 22.1. The second-order valence-corrected chi connectivity index (χ2v) is 10.4. The number of nitrogens with two attached hydrogens (primary N) is 2. The number of anilines is 2. The van der Waals surface area contributed by atoms with Crippen LogP contribution in [0.4, 0.5) is 24.7 Å². The van der Waals surface area contributed by atoms with Crippen molar-refractivity contribution >= 4 is 46.2 Å². The number of hydrogen-bond acceptors (Lipinski definition) is 9. The van der Waals surface area contributed by atoms with Gasteiger partial charge in [-0.25, -0.2) is 14.5 Å². The Balaban J connectivity index is 0.000000559. The molecule has 0 atom stereocenters. The van der Waals surface area contributed by atoms with Crippen LogP contribution in [0.3, 0.4) is 0 Å². The van der Waals surface area contributed by atoms with E-state index >= 15 is 0 Å². The van der Waals surface area contributed by atoms with Crippen molar-refractivity contribution < 1.29 is 42.0 Å². The zero-order chi connectivity index (χ0) is 34.2. The van der Waals surface area contributed by atoms with Gasteiger partial charge in [0, 0.05) is 50.4 Å². The molecule has 2 aromatic carbocycles. The molecular weight excluding hydrogens is 627 g/mol. The smallest absolute Gasteiger partial charge is 0.475 e. The lowest BCUT2D eigenvalue weighted by Gasteiger charge is -2.19. The lowest BCUT2D eigenvalue weighted by molar-refractivity contribution is -0.192. The van der Waals surface area contributed by atoms with Crippen LogP contribution in [-0.4, -0.2) is 78.0 Å². The summed E-state index contributed by atoms with van der Waals surface area (Å²) in [6, 6.07) is 12.2. The monoisotopic (exact) mass is 653 g/mol. The van der Waals surface area contributed by atoms with Crippen molar-refractivity contribution in [3.63, 3.8) is 0 Å². The number of alkyl halides is 3. The minimum absolute atomic E-state index is 0.0420. The molecule has 1 aliphatic rings. The molecule has 1 aliphatic heterocycles. The molecule has 0 bridgehead atoms. The summed E-state index contributed by atoms with van der Waals surface area (Å²) in [6.45, 7) is 2.31. The molecule has 0 unspecified atom stereocenters. The number of nitrogen functional groups attached to an aromatic ring is 1. The molecular formula is C29H26F3N9O6. The number of carboxylic acid groups (broad SMARTS) is 1. The number of aliphatic carboxylic acids is 1. The van der Waals surface area contributed by atoms with E-state index in [0.29, 0.717) is 36.2 Å². The summed E-state index contributed by atoms with van der Waals surface area (Å²) < 4.78 is 40.2. The number of imidazole rings is 1. The SMILES string of the molecule is CC(=O)N(C)Cc1nccn1-c1ccc2c(c1)CCN2C(=O)c1cc(C(N)=O)nn1-c1ccc2onc(N)c2c1.O=C(O)C(F)(F)F. The van der Waals surface area contributed by atoms with Crippen molar-refractivity contribution in [2.75, 3.05) is 24.2 Å². The first-order valence-electron chi connectivity index (χ1n) is 13.7. The standard InChI is InChI=1S/C27H25N9O4.C2HF3O2/c1-15(37)33(2)14-24-30-8-10-34(24)17-3-5-21-16(11-17)7-9-35(21)27(39)22-13-20(26(29)38)31-36(22)18-4-6-23-19(12-18)25(28)32-40-23;3-2(4,5)1(6)7/h3-6,8,10-13H,7,9,14H2,1-2H3,(H2,28,32)(H2,29,38);(H,6,7). The van der Waals surface area contributed by atoms with Crippen molar-refractivity contribution in [2.45, 2.75) is 26.1 Å². The third kappa shape index (κ3) is 6.46. The number of nitrogens with zero attached hydrogens (tertiary/aromatic N) is 7. The van der Waals surface area contributed by atoms with Gasteiger partial charge in [-0.1, -0.05) is 5.16 Å². The summed E-state index contributed by atoms with van der Waals surface area (Å²) in [6.07, 6.45) is -0.924. The van der Waals surface area contributed by atoms with Crippen LogP contribution in [-0.2, 0) is 22.6 Å². The van der Waals surface area contributed by atoms with Crippen molar-refractivity contribution in [3.05, 3.63) is 77.6 Å². The number of amides is 3. The van der Waals surface area contributed by atoms with Gasteiger partial charge in [0.1, 0.15) is 11.5 Å². The number of carboxylic acids is 1. The highest BCUT2D eigenvalue weighted by Gasteiger charge is 2.38. The van der Waals surface area contributed by atoms with Gasteiger partial charge in [0.15, 0.2) is 17.1 Å². The van der Waals surface area contributed by atoms with Crippen LogP contribution in [0.15, 0.2) is 59.4 Å². The second-order valence-electron chi connectivity index (χ2n) is 10.4. The summed E-state index contributed by atoms with van der Waals surface area (Å²) >= 11 is 0. The molecule has 5 aromatic rings. The second kappa shape index (κ2) is 12.3. The Morgan fingerprint density at radius 2 is 1.79 bits per heavy atom. The molecule has 4 heterocycles. The summed E-state index contributed by atoms with van der Waals surface area (Å²) in [5.74, 6) is -2.98. The summed E-state index contributed by atoms with van der Waals surface area (Å²) in [7, 11) is 1.72. The van der Waals surface area contributed by atoms with Crippen molar-refractivity contribution in [3.8, 4) is 11.4 Å². The number of benzene rings is 2. The number of rotatable bonds is 6. The third-order valence-corrected chi connectivity index (χ3v) is 7.26. The zero-order valence-electron chi connectivity index (χ0n) is 24.7. The van der Waals surface area contributed by atoms with Crippen LogP contribution in [0, 0.1) is 0 Å². The van der Waals surface area contributed by atoms with Crippen LogP contribution in [0.25, 0.3) is 22.3 Å². The molecule has 0 aliphatic carbocycles. The average molecular weight is 654 g/mol. The van der Waals surface area contributed by atoms with E-state index < -0.39 is 18.1 Å². The van der Waals surface area contributed by atoms with E-state index in [0.717, 1.165) is 22.8 Å². The van der Waals surface area contributed by atoms with Gasteiger partial charge in [0.2, 0.25) is 5.91 Å². The topological polar surface area (TPSA) is 209 Å². The fourth-order valence-corrected chi connectivity index (χ4v) is 4.82. The average Bonchev–Trinajstić information content (AvgIpc) is 3.82. The van der Waals surface area contributed by atoms with Crippen LogP contribution in [0.2, 0.25) is 0 Å². The van der Waals surface area contributed by atoms with E-state index in [1.807, 2.05) is 29.0 Å². The molecule has 3 aromatic heterocycles. The Bertz CT molecular complexity index is 2030. The number of carbonyl (C=O) groups is 4. The molecule has 244 valence electrons. The van der Waals surface area contributed by atoms with Crippen LogP contribution in [0.1, 0.15) is 39.3 Å². The Labute approximate surface area is 262 Å². The number of hydrogen-bond donors (Lipinski definition) is 3. The lowest BCUT2D eigenvalue weighted by atomic mass is 10.1. The largest absolute Gasteiger partial charge is 0.490 e. The maximum absolute atomic E-state index is 13.9. The molecule has 0 saturated heterocycles. The van der Waals surface area contributed by atoms with Gasteiger partial charge in [0.05, 0.1) is 17.6 Å². The maximum Gasteiger partial charge on any atom is 0.490 e. The Hall–Kier alpha value is -6.20. The fraction of sp³-hybridized carbons (Fsp3) is 0.207. The number of primary amides is 1. The van der Waals surface area contributed by atoms with Gasteiger partial charge in [-0.3, -0.25) is 14.4 Å². The summed E-state index contributed by atoms with van der Waals surface area (Å²) in [4.78, 5) is 54.1. The number of carbonyl (C=O) groups excluding carboxylic acids is 3. The maximum atomic E-state index is 13.9. The Kier molecular flexibility index (Phi) is 8.43. The number of halogens is 3. The number of fused-ring (bicyclic) bond motifs is 2. The first-order valence-corrected chi connectivity index (χ1v) is 13.7. The van der Waals surface area contributed by atoms with E-state index in [4.69, 9.17) is 25.9 Å². The van der Waals surface area contributed by atoms with Crippen LogP contribution >= 0.6 is 0 Å². The van der Waals surface area contributed by atoms with Crippen molar-refractivity contribution in [2.24, 2.45) is 5.73 Å². The van der Waals surface area contributed by atoms with Gasteiger partial charge in [0.25, 0.3) is 11.8 Å². The first kappa shape index (κ1) is 32.2. The minimum atomic E-state index is -5.08. The molecule has 15 nitrogen and oxygen atoms in total. The van der Waals surface area contributed by atoms with E-state index in [1.165, 1.54) is 17.7 Å². The van der Waals surface area contributed by atoms with Gasteiger partial charge < -0.3 is 35.5 Å². The highest BCUT2D eigenvalue weighted by Crippen LogP contribution is 2.32. The predicted octanol–water partition coefficient (Wildman–Crippen LogP) is 2.69. The predicted molar refractivity (Wildman–Crippen MR) is 159 cm³/mol. The van der Waals surface area contributed by atoms with Gasteiger partial charge >= 0.3 is 12.1 Å². The summed E-state index contributed by atoms with van der Waals surface area (Å²) in [5, 5.41) is 15.8. The van der Waals surface area contributed by atoms with Gasteiger partial charge in [-0.15, -0.1) is 0 Å². The molecule has 5 N–H and O–H groups in total. The zero-order valence-corrected chi connectivity index (χ0v) is 24.7.